The van der Waals surface area contributed by atoms with Gasteiger partial charge in [0.15, 0.2) is 0 Å². The van der Waals surface area contributed by atoms with Gasteiger partial charge in [0.25, 0.3) is 5.91 Å². The Morgan fingerprint density at radius 3 is 2.39 bits per heavy atom. The van der Waals surface area contributed by atoms with Crippen LogP contribution in [0.1, 0.15) is 54.6 Å². The first-order chi connectivity index (χ1) is 13.4. The summed E-state index contributed by atoms with van der Waals surface area (Å²) in [5.74, 6) is 0.0154. The number of nitrogens with zero attached hydrogens (tertiary/aromatic N) is 1. The maximum atomic E-state index is 13.5. The van der Waals surface area contributed by atoms with Crippen molar-refractivity contribution in [2.45, 2.75) is 56.9 Å². The van der Waals surface area contributed by atoms with Gasteiger partial charge in [0.05, 0.1) is 18.2 Å². The number of carbonyl (C=O) groups is 1. The summed E-state index contributed by atoms with van der Waals surface area (Å²) in [6.45, 7) is 2.00. The molecular formula is C23H27NO4. The van der Waals surface area contributed by atoms with Crippen molar-refractivity contribution >= 4 is 5.91 Å². The number of fused-ring (bicyclic) bond motifs is 1. The quantitative estimate of drug-likeness (QED) is 0.746. The van der Waals surface area contributed by atoms with Crippen LogP contribution in [0.15, 0.2) is 54.6 Å². The Kier molecular flexibility index (Phi) is 4.89. The highest BCUT2D eigenvalue weighted by Crippen LogP contribution is 2.53. The molecule has 1 saturated carbocycles. The maximum absolute atomic E-state index is 13.5. The Hall–Kier alpha value is -2.37. The van der Waals surface area contributed by atoms with Crippen molar-refractivity contribution in [1.82, 2.24) is 4.90 Å². The van der Waals surface area contributed by atoms with Gasteiger partial charge in [-0.2, -0.15) is 0 Å². The summed E-state index contributed by atoms with van der Waals surface area (Å²) in [4.78, 5) is 15.4. The summed E-state index contributed by atoms with van der Waals surface area (Å²) in [7, 11) is 0. The molecule has 0 unspecified atom stereocenters. The monoisotopic (exact) mass is 381 g/mol. The lowest BCUT2D eigenvalue weighted by Gasteiger charge is -2.38. The number of benzene rings is 2. The van der Waals surface area contributed by atoms with Crippen LogP contribution in [0, 0.1) is 5.41 Å². The first-order valence-electron chi connectivity index (χ1n) is 9.94. The number of hydrogen-bond acceptors (Lipinski definition) is 4. The van der Waals surface area contributed by atoms with Crippen LogP contribution >= 0.6 is 0 Å². The van der Waals surface area contributed by atoms with E-state index in [-0.39, 0.29) is 23.7 Å². The van der Waals surface area contributed by atoms with Crippen LogP contribution in [0.4, 0.5) is 0 Å². The molecule has 2 aromatic rings. The van der Waals surface area contributed by atoms with E-state index in [1.807, 2.05) is 42.2 Å². The lowest BCUT2D eigenvalue weighted by atomic mass is 9.74. The first-order valence-corrected chi connectivity index (χ1v) is 9.94. The molecule has 1 aliphatic heterocycles. The van der Waals surface area contributed by atoms with Crippen molar-refractivity contribution in [1.29, 1.82) is 0 Å². The van der Waals surface area contributed by atoms with Crippen molar-refractivity contribution in [3.8, 4) is 5.75 Å². The van der Waals surface area contributed by atoms with Gasteiger partial charge in [0.2, 0.25) is 0 Å². The Morgan fingerprint density at radius 2 is 1.71 bits per heavy atom. The van der Waals surface area contributed by atoms with E-state index >= 15 is 0 Å². The van der Waals surface area contributed by atoms with Crippen LogP contribution in [-0.4, -0.2) is 44.4 Å². The molecule has 1 aliphatic carbocycles. The van der Waals surface area contributed by atoms with E-state index in [2.05, 4.69) is 0 Å². The van der Waals surface area contributed by atoms with Crippen molar-refractivity contribution in [2.24, 2.45) is 5.41 Å². The first kappa shape index (κ1) is 19.0. The number of rotatable bonds is 2. The molecule has 2 aromatic carbocycles. The number of aromatic hydroxyl groups is 1. The molecule has 0 aromatic heterocycles. The predicted molar refractivity (Wildman–Crippen MR) is 106 cm³/mol. The van der Waals surface area contributed by atoms with Crippen molar-refractivity contribution in [3.05, 3.63) is 65.7 Å². The second-order valence-electron chi connectivity index (χ2n) is 8.35. The van der Waals surface area contributed by atoms with Gasteiger partial charge in [-0.05, 0) is 55.5 Å². The van der Waals surface area contributed by atoms with E-state index in [0.717, 1.165) is 18.4 Å². The van der Waals surface area contributed by atoms with Crippen LogP contribution in [-0.2, 0) is 0 Å². The molecule has 1 amide bonds. The molecule has 5 heteroatoms. The van der Waals surface area contributed by atoms with E-state index in [0.29, 0.717) is 18.4 Å². The van der Waals surface area contributed by atoms with Crippen molar-refractivity contribution in [2.75, 3.05) is 0 Å². The number of phenolic OH excluding ortho intramolecular Hbond substituents is 1. The maximum Gasteiger partial charge on any atom is 0.254 e. The van der Waals surface area contributed by atoms with Gasteiger partial charge in [-0.3, -0.25) is 4.79 Å². The highest BCUT2D eigenvalue weighted by molar-refractivity contribution is 5.95. The highest BCUT2D eigenvalue weighted by atomic mass is 16.3. The van der Waals surface area contributed by atoms with Gasteiger partial charge in [0, 0.05) is 17.0 Å². The molecule has 5 nitrogen and oxygen atoms in total. The van der Waals surface area contributed by atoms with E-state index in [9.17, 15) is 20.1 Å². The fraction of sp³-hybridized carbons (Fsp3) is 0.435. The second kappa shape index (κ2) is 7.22. The van der Waals surface area contributed by atoms with Crippen molar-refractivity contribution < 1.29 is 20.1 Å². The molecule has 4 rings (SSSR count). The Balaban J connectivity index is 1.79. The van der Waals surface area contributed by atoms with Crippen LogP contribution in [0.3, 0.4) is 0 Å². The summed E-state index contributed by atoms with van der Waals surface area (Å²) >= 11 is 0. The molecule has 1 heterocycles. The Bertz CT molecular complexity index is 837. The van der Waals surface area contributed by atoms with E-state index < -0.39 is 17.6 Å². The van der Waals surface area contributed by atoms with Crippen LogP contribution < -0.4 is 0 Å². The Morgan fingerprint density at radius 1 is 1.04 bits per heavy atom. The zero-order valence-electron chi connectivity index (χ0n) is 16.0. The molecule has 28 heavy (non-hydrogen) atoms. The number of likely N-dealkylation sites (tertiary alicyclic amines) is 1. The predicted octanol–water partition coefficient (Wildman–Crippen LogP) is 3.26. The normalized spacial score (nSPS) is 32.6. The molecule has 0 bridgehead atoms. The van der Waals surface area contributed by atoms with E-state index in [1.165, 1.54) is 12.1 Å². The largest absolute Gasteiger partial charge is 0.508 e. The molecule has 2 fully saturated rings. The molecular weight excluding hydrogens is 354 g/mol. The van der Waals surface area contributed by atoms with Gasteiger partial charge in [-0.25, -0.2) is 0 Å². The minimum absolute atomic E-state index is 0.105. The van der Waals surface area contributed by atoms with Gasteiger partial charge in [0.1, 0.15) is 5.75 Å². The summed E-state index contributed by atoms with van der Waals surface area (Å²) in [5.41, 5.74) is 0.969. The van der Waals surface area contributed by atoms with E-state index in [1.54, 1.807) is 12.1 Å². The molecule has 0 spiro atoms. The third kappa shape index (κ3) is 3.09. The molecule has 3 N–H and O–H groups in total. The fourth-order valence-corrected chi connectivity index (χ4v) is 5.08. The fourth-order valence-electron chi connectivity index (χ4n) is 5.08. The minimum atomic E-state index is -0.871. The van der Waals surface area contributed by atoms with Gasteiger partial charge in [-0.15, -0.1) is 0 Å². The highest BCUT2D eigenvalue weighted by Gasteiger charge is 2.57. The zero-order valence-corrected chi connectivity index (χ0v) is 16.0. The van der Waals surface area contributed by atoms with Crippen molar-refractivity contribution in [3.63, 3.8) is 0 Å². The number of phenols is 1. The van der Waals surface area contributed by atoms with Gasteiger partial charge < -0.3 is 20.2 Å². The van der Waals surface area contributed by atoms with Crippen LogP contribution in [0.5, 0.6) is 5.75 Å². The smallest absolute Gasteiger partial charge is 0.254 e. The SMILES string of the molecule is C[C@@]12C[C@H](c3ccccc3)N(C(=O)c3ccc(O)cc3)[C@@H]1CCC[C@H](O)[C@@H]2O. The van der Waals surface area contributed by atoms with Crippen LogP contribution in [0.2, 0.25) is 0 Å². The van der Waals surface area contributed by atoms with Gasteiger partial charge >= 0.3 is 0 Å². The molecule has 0 radical (unpaired) electrons. The third-order valence-electron chi connectivity index (χ3n) is 6.62. The number of hydrogen-bond donors (Lipinski definition) is 3. The second-order valence-corrected chi connectivity index (χ2v) is 8.35. The topological polar surface area (TPSA) is 81.0 Å². The standard InChI is InChI=1S/C23H27NO4/c1-23-14-18(15-6-3-2-4-7-15)24(20(23)9-5-8-19(26)21(23)27)22(28)16-10-12-17(25)13-11-16/h2-4,6-7,10-13,18-21,25-27H,5,8-9,14H2,1H3/t18-,19+,20-,21+,23-/m1/s1. The summed E-state index contributed by atoms with van der Waals surface area (Å²) < 4.78 is 0. The lowest BCUT2D eigenvalue weighted by Crippen LogP contribution is -2.49. The molecule has 2 aliphatic rings. The zero-order chi connectivity index (χ0) is 19.9. The lowest BCUT2D eigenvalue weighted by molar-refractivity contribution is -0.0612. The van der Waals surface area contributed by atoms with Crippen LogP contribution in [0.25, 0.3) is 0 Å². The molecule has 1 saturated heterocycles. The minimum Gasteiger partial charge on any atom is -0.508 e. The summed E-state index contributed by atoms with van der Waals surface area (Å²) in [6, 6.07) is 15.9. The number of aliphatic hydroxyl groups is 2. The molecule has 148 valence electrons. The van der Waals surface area contributed by atoms with Gasteiger partial charge in [-0.1, -0.05) is 37.3 Å². The average Bonchev–Trinajstić information content (AvgIpc) is 2.96. The average molecular weight is 381 g/mol. The Labute approximate surface area is 165 Å². The third-order valence-corrected chi connectivity index (χ3v) is 6.62. The van der Waals surface area contributed by atoms with E-state index in [4.69, 9.17) is 0 Å². The summed E-state index contributed by atoms with van der Waals surface area (Å²) in [6.07, 6.45) is 1.02. The number of aliphatic hydroxyl groups excluding tert-OH is 2. The summed E-state index contributed by atoms with van der Waals surface area (Å²) in [5, 5.41) is 30.9. The molecule has 5 atom stereocenters. The number of carbonyl (C=O) groups excluding carboxylic acids is 1. The number of amides is 1.